The van der Waals surface area contributed by atoms with Crippen molar-refractivity contribution in [2.24, 2.45) is 0 Å². The summed E-state index contributed by atoms with van der Waals surface area (Å²) in [7, 11) is 0. The summed E-state index contributed by atoms with van der Waals surface area (Å²) in [5.41, 5.74) is 0.190. The third-order valence-electron chi connectivity index (χ3n) is 5.73. The first-order chi connectivity index (χ1) is 13.6. The van der Waals surface area contributed by atoms with E-state index in [1.807, 2.05) is 30.3 Å². The summed E-state index contributed by atoms with van der Waals surface area (Å²) < 4.78 is 5.48. The first kappa shape index (κ1) is 18.9. The van der Waals surface area contributed by atoms with Gasteiger partial charge >= 0.3 is 0 Å². The van der Waals surface area contributed by atoms with Gasteiger partial charge in [0.2, 0.25) is 0 Å². The van der Waals surface area contributed by atoms with Crippen LogP contribution in [0.1, 0.15) is 22.3 Å². The molecule has 2 fully saturated rings. The molecule has 3 heterocycles. The molecule has 0 saturated carbocycles. The normalized spacial score (nSPS) is 26.2. The Bertz CT molecular complexity index is 825. The van der Waals surface area contributed by atoms with Crippen LogP contribution in [0.4, 0.5) is 0 Å². The summed E-state index contributed by atoms with van der Waals surface area (Å²) in [6.07, 6.45) is 3.21. The fourth-order valence-electron chi connectivity index (χ4n) is 4.21. The Balaban J connectivity index is 1.62. The smallest absolute Gasteiger partial charge is 0.255 e. The molecular weight excluding hydrogens is 358 g/mol. The summed E-state index contributed by atoms with van der Waals surface area (Å²) in [6.45, 7) is 3.50. The molecule has 2 aliphatic heterocycles. The number of aliphatic hydroxyl groups is 1. The van der Waals surface area contributed by atoms with Crippen LogP contribution in [-0.2, 0) is 10.3 Å². The van der Waals surface area contributed by atoms with E-state index in [1.165, 1.54) is 18.5 Å². The molecule has 2 aliphatic rings. The first-order valence-corrected chi connectivity index (χ1v) is 9.61. The van der Waals surface area contributed by atoms with Crippen LogP contribution < -0.4 is 0 Å². The lowest BCUT2D eigenvalue weighted by Crippen LogP contribution is -2.63. The van der Waals surface area contributed by atoms with Crippen molar-refractivity contribution < 1.29 is 19.7 Å². The van der Waals surface area contributed by atoms with E-state index >= 15 is 0 Å². The number of aromatic nitrogens is 1. The monoisotopic (exact) mass is 383 g/mol. The fraction of sp³-hybridized carbons (Fsp3) is 0.429. The second-order valence-corrected chi connectivity index (χ2v) is 7.39. The summed E-state index contributed by atoms with van der Waals surface area (Å²) in [5.74, 6) is -0.217. The van der Waals surface area contributed by atoms with Gasteiger partial charge in [-0.05, 0) is 18.1 Å². The van der Waals surface area contributed by atoms with Crippen molar-refractivity contribution in [3.63, 3.8) is 0 Å². The average molecular weight is 383 g/mol. The molecule has 2 saturated heterocycles. The number of ether oxygens (including phenoxy) is 1. The lowest BCUT2D eigenvalue weighted by atomic mass is 9.79. The van der Waals surface area contributed by atoms with Crippen LogP contribution in [0.3, 0.4) is 0 Å². The highest BCUT2D eigenvalue weighted by atomic mass is 16.5. The second-order valence-electron chi connectivity index (χ2n) is 7.39. The quantitative estimate of drug-likeness (QED) is 0.829. The van der Waals surface area contributed by atoms with Gasteiger partial charge in [-0.2, -0.15) is 0 Å². The van der Waals surface area contributed by atoms with Gasteiger partial charge in [0.25, 0.3) is 5.91 Å². The van der Waals surface area contributed by atoms with E-state index in [-0.39, 0.29) is 17.7 Å². The molecule has 7 heteroatoms. The predicted molar refractivity (Wildman–Crippen MR) is 103 cm³/mol. The number of amides is 1. The molecule has 1 aromatic carbocycles. The van der Waals surface area contributed by atoms with Crippen LogP contribution in [0.15, 0.2) is 48.8 Å². The lowest BCUT2D eigenvalue weighted by Gasteiger charge is -2.50. The van der Waals surface area contributed by atoms with Crippen LogP contribution in [0.25, 0.3) is 0 Å². The van der Waals surface area contributed by atoms with Crippen molar-refractivity contribution in [3.8, 4) is 5.75 Å². The summed E-state index contributed by atoms with van der Waals surface area (Å²) in [6, 6.07) is 10.9. The molecule has 0 aliphatic carbocycles. The molecule has 2 N–H and O–H groups in total. The lowest BCUT2D eigenvalue weighted by molar-refractivity contribution is -0.112. The number of aromatic hydroxyl groups is 1. The minimum absolute atomic E-state index is 0.0339. The third kappa shape index (κ3) is 3.61. The number of pyridine rings is 1. The number of carbonyl (C=O) groups is 1. The van der Waals surface area contributed by atoms with E-state index in [1.54, 1.807) is 4.90 Å². The van der Waals surface area contributed by atoms with Gasteiger partial charge in [0, 0.05) is 32.4 Å². The van der Waals surface area contributed by atoms with Gasteiger partial charge in [0.05, 0.1) is 31.0 Å². The van der Waals surface area contributed by atoms with E-state index in [2.05, 4.69) is 9.88 Å². The number of likely N-dealkylation sites (tertiary alicyclic amines) is 1. The Hall–Kier alpha value is -2.48. The van der Waals surface area contributed by atoms with Crippen LogP contribution in [-0.4, -0.2) is 76.3 Å². The van der Waals surface area contributed by atoms with Gasteiger partial charge in [-0.15, -0.1) is 0 Å². The fourth-order valence-corrected chi connectivity index (χ4v) is 4.21. The largest absolute Gasteiger partial charge is 0.506 e. The molecule has 0 unspecified atom stereocenters. The Morgan fingerprint density at radius 1 is 1.14 bits per heavy atom. The molecule has 7 nitrogen and oxygen atoms in total. The minimum Gasteiger partial charge on any atom is -0.506 e. The Kier molecular flexibility index (Phi) is 5.30. The van der Waals surface area contributed by atoms with E-state index in [4.69, 9.17) is 4.74 Å². The maximum absolute atomic E-state index is 13.0. The zero-order chi connectivity index (χ0) is 19.6. The molecule has 0 radical (unpaired) electrons. The Labute approximate surface area is 164 Å². The van der Waals surface area contributed by atoms with E-state index < -0.39 is 5.60 Å². The Morgan fingerprint density at radius 3 is 2.61 bits per heavy atom. The van der Waals surface area contributed by atoms with Gasteiger partial charge in [-0.25, -0.2) is 0 Å². The van der Waals surface area contributed by atoms with Gasteiger partial charge in [-0.1, -0.05) is 30.3 Å². The molecule has 148 valence electrons. The maximum atomic E-state index is 13.0. The highest BCUT2D eigenvalue weighted by Gasteiger charge is 2.47. The van der Waals surface area contributed by atoms with Crippen molar-refractivity contribution in [2.75, 3.05) is 39.4 Å². The van der Waals surface area contributed by atoms with Crippen molar-refractivity contribution in [1.29, 1.82) is 0 Å². The molecule has 2 aromatic rings. The molecule has 1 aromatic heterocycles. The highest BCUT2D eigenvalue weighted by Crippen LogP contribution is 2.36. The summed E-state index contributed by atoms with van der Waals surface area (Å²) >= 11 is 0. The van der Waals surface area contributed by atoms with Crippen molar-refractivity contribution in [1.82, 2.24) is 14.8 Å². The molecule has 28 heavy (non-hydrogen) atoms. The molecule has 2 atom stereocenters. The number of benzene rings is 1. The molecule has 1 amide bonds. The third-order valence-corrected chi connectivity index (χ3v) is 5.73. The van der Waals surface area contributed by atoms with Crippen LogP contribution >= 0.6 is 0 Å². The van der Waals surface area contributed by atoms with E-state index in [9.17, 15) is 15.0 Å². The van der Waals surface area contributed by atoms with Gasteiger partial charge in [0.1, 0.15) is 11.4 Å². The first-order valence-electron chi connectivity index (χ1n) is 9.61. The van der Waals surface area contributed by atoms with E-state index in [0.717, 1.165) is 18.7 Å². The average Bonchev–Trinajstić information content (AvgIpc) is 2.75. The maximum Gasteiger partial charge on any atom is 0.255 e. The SMILES string of the molecule is O=C(c1cncc(O)c1)N1CC[C@](O)(c2ccccc2)[C@H](N2CCOCC2)C1. The Morgan fingerprint density at radius 2 is 1.89 bits per heavy atom. The van der Waals surface area contributed by atoms with Crippen LogP contribution in [0.2, 0.25) is 0 Å². The summed E-state index contributed by atoms with van der Waals surface area (Å²) in [4.78, 5) is 20.9. The molecular formula is C21H25N3O4. The van der Waals surface area contributed by atoms with Gasteiger partial charge < -0.3 is 19.8 Å². The molecule has 4 rings (SSSR count). The summed E-state index contributed by atoms with van der Waals surface area (Å²) in [5, 5.41) is 21.3. The van der Waals surface area contributed by atoms with E-state index in [0.29, 0.717) is 38.3 Å². The van der Waals surface area contributed by atoms with Crippen molar-refractivity contribution in [3.05, 3.63) is 59.9 Å². The zero-order valence-corrected chi connectivity index (χ0v) is 15.7. The molecule has 0 bridgehead atoms. The standard InChI is InChI=1S/C21H25N3O4/c25-18-12-16(13-22-14-18)20(26)24-7-6-21(27,17-4-2-1-3-5-17)19(15-24)23-8-10-28-11-9-23/h1-5,12-14,19,25,27H,6-11,15H2/t19-,21+/m1/s1. The molecule has 0 spiro atoms. The zero-order valence-electron chi connectivity index (χ0n) is 15.7. The van der Waals surface area contributed by atoms with Crippen LogP contribution in [0.5, 0.6) is 5.75 Å². The number of piperidine rings is 1. The minimum atomic E-state index is -1.04. The topological polar surface area (TPSA) is 86.1 Å². The number of nitrogens with zero attached hydrogens (tertiary/aromatic N) is 3. The van der Waals surface area contributed by atoms with Crippen LogP contribution in [0, 0.1) is 0 Å². The van der Waals surface area contributed by atoms with Gasteiger partial charge in [-0.3, -0.25) is 14.7 Å². The number of hydrogen-bond donors (Lipinski definition) is 2. The van der Waals surface area contributed by atoms with Crippen molar-refractivity contribution in [2.45, 2.75) is 18.1 Å². The predicted octanol–water partition coefficient (Wildman–Crippen LogP) is 1.22. The van der Waals surface area contributed by atoms with Gasteiger partial charge in [0.15, 0.2) is 0 Å². The highest BCUT2D eigenvalue weighted by molar-refractivity contribution is 5.94. The number of hydrogen-bond acceptors (Lipinski definition) is 6. The number of carbonyl (C=O) groups excluding carboxylic acids is 1. The van der Waals surface area contributed by atoms with Crippen molar-refractivity contribution >= 4 is 5.91 Å². The number of morpholine rings is 1. The number of rotatable bonds is 3. The second kappa shape index (κ2) is 7.87.